The number of hydrogen-bond donors (Lipinski definition) is 2. The molecule has 0 aromatic heterocycles. The van der Waals surface area contributed by atoms with Crippen LogP contribution in [0.5, 0.6) is 0 Å². The molecule has 11 heteroatoms. The molecule has 10 nitrogen and oxygen atoms in total. The number of hydrogen-bond acceptors (Lipinski definition) is 10. The Morgan fingerprint density at radius 2 is 0.952 bits per heavy atom. The molecule has 0 rings (SSSR count). The van der Waals surface area contributed by atoms with Crippen molar-refractivity contribution in [2.45, 2.75) is 37.8 Å². The fourth-order valence-electron chi connectivity index (χ4n) is 0.782. The van der Waals surface area contributed by atoms with E-state index in [9.17, 15) is 39.6 Å². The third kappa shape index (κ3) is 18.3. The van der Waals surface area contributed by atoms with Crippen LogP contribution in [0.4, 0.5) is 0 Å². The molecule has 0 radical (unpaired) electrons. The molecule has 0 aliphatic heterocycles. The molecular weight excluding hydrogens is 328 g/mol. The number of aliphatic carboxylic acids is 4. The van der Waals surface area contributed by atoms with Crippen molar-refractivity contribution >= 4 is 23.9 Å². The van der Waals surface area contributed by atoms with E-state index in [1.54, 1.807) is 0 Å². The molecule has 4 N–H and O–H groups in total. The number of carboxylic acids is 4. The maximum absolute atomic E-state index is 9.86. The van der Waals surface area contributed by atoms with Gasteiger partial charge in [-0.3, -0.25) is 0 Å². The van der Waals surface area contributed by atoms with Crippen LogP contribution in [0.25, 0.3) is 0 Å². The minimum absolute atomic E-state index is 0. The van der Waals surface area contributed by atoms with Crippen molar-refractivity contribution in [2.24, 2.45) is 11.5 Å². The second kappa shape index (κ2) is 13.3. The van der Waals surface area contributed by atoms with Crippen molar-refractivity contribution in [1.82, 2.24) is 0 Å². The van der Waals surface area contributed by atoms with E-state index in [-0.39, 0.29) is 43.0 Å². The molecule has 0 amide bonds. The van der Waals surface area contributed by atoms with Crippen LogP contribution in [0.2, 0.25) is 0 Å². The quantitative estimate of drug-likeness (QED) is 0.425. The third-order valence-electron chi connectivity index (χ3n) is 1.92. The van der Waals surface area contributed by atoms with E-state index in [1.807, 2.05) is 0 Å². The van der Waals surface area contributed by atoms with Crippen LogP contribution in [0.3, 0.4) is 0 Å². The van der Waals surface area contributed by atoms with E-state index in [4.69, 9.17) is 11.5 Å². The van der Waals surface area contributed by atoms with E-state index in [0.29, 0.717) is 0 Å². The summed E-state index contributed by atoms with van der Waals surface area (Å²) < 4.78 is 0. The minimum atomic E-state index is -1.44. The number of carbonyl (C=O) groups is 4. The summed E-state index contributed by atoms with van der Waals surface area (Å²) in [6, 6.07) is -2.42. The normalized spacial score (nSPS) is 11.9. The summed E-state index contributed by atoms with van der Waals surface area (Å²) in [5.41, 5.74) is 9.82. The van der Waals surface area contributed by atoms with Crippen molar-refractivity contribution in [3.8, 4) is 0 Å². The van der Waals surface area contributed by atoms with Gasteiger partial charge in [0.25, 0.3) is 0 Å². The van der Waals surface area contributed by atoms with Gasteiger partial charge in [-0.15, -0.1) is 0 Å². The van der Waals surface area contributed by atoms with Gasteiger partial charge in [-0.2, -0.15) is 0 Å². The molecule has 118 valence electrons. The molecule has 0 spiro atoms. The van der Waals surface area contributed by atoms with Gasteiger partial charge in [0.15, 0.2) is 0 Å². The molecule has 0 aromatic carbocycles. The van der Waals surface area contributed by atoms with Gasteiger partial charge in [-0.05, 0) is 25.7 Å². The number of carboxylic acid groups (broad SMARTS) is 4. The average molecular weight is 342 g/mol. The summed E-state index contributed by atoms with van der Waals surface area (Å²) in [6.45, 7) is 0. The predicted octanol–water partition coefficient (Wildman–Crippen LogP) is -6.82. The smallest absolute Gasteiger partial charge is 0.550 e. The monoisotopic (exact) mass is 342 g/mol. The maximum Gasteiger partial charge on any atom is 4.00 e. The zero-order valence-electron chi connectivity index (χ0n) is 10.8. The van der Waals surface area contributed by atoms with Gasteiger partial charge >= 0.3 is 17.4 Å². The van der Waals surface area contributed by atoms with Gasteiger partial charge in [-0.1, -0.05) is 0 Å². The van der Waals surface area contributed by atoms with Crippen molar-refractivity contribution < 1.29 is 57.0 Å². The zero-order valence-corrected chi connectivity index (χ0v) is 12.1. The molecule has 0 saturated heterocycles. The molecule has 21 heavy (non-hydrogen) atoms. The molecule has 0 saturated carbocycles. The Hall–Kier alpha value is -1.67. The van der Waals surface area contributed by atoms with Gasteiger partial charge in [-0.25, -0.2) is 0 Å². The first-order valence-electron chi connectivity index (χ1n) is 5.40. The molecule has 0 fully saturated rings. The molecule has 0 aliphatic carbocycles. The van der Waals surface area contributed by atoms with Crippen LogP contribution < -0.4 is 31.9 Å². The van der Waals surface area contributed by atoms with Crippen LogP contribution in [-0.4, -0.2) is 36.0 Å². The molecule has 0 unspecified atom stereocenters. The number of rotatable bonds is 8. The Bertz CT molecular complexity index is 329. The average Bonchev–Trinajstić information content (AvgIpc) is 2.33. The van der Waals surface area contributed by atoms with Crippen LogP contribution in [0.1, 0.15) is 25.7 Å². The Morgan fingerprint density at radius 1 is 0.714 bits per heavy atom. The van der Waals surface area contributed by atoms with Crippen molar-refractivity contribution in [3.05, 3.63) is 0 Å². The van der Waals surface area contributed by atoms with Crippen molar-refractivity contribution in [3.63, 3.8) is 0 Å². The third-order valence-corrected chi connectivity index (χ3v) is 1.92. The summed E-state index contributed by atoms with van der Waals surface area (Å²) in [7, 11) is 0. The van der Waals surface area contributed by atoms with Crippen LogP contribution in [0.15, 0.2) is 0 Å². The fourth-order valence-corrected chi connectivity index (χ4v) is 0.782. The molecule has 2 atom stereocenters. The number of nitrogens with two attached hydrogens (primary N) is 2. The van der Waals surface area contributed by atoms with Crippen molar-refractivity contribution in [2.75, 3.05) is 0 Å². The summed E-state index contributed by atoms with van der Waals surface area (Å²) in [4.78, 5) is 39.2. The summed E-state index contributed by atoms with van der Waals surface area (Å²) in [5, 5.41) is 39.2. The van der Waals surface area contributed by atoms with Gasteiger partial charge in [0, 0.05) is 24.0 Å². The van der Waals surface area contributed by atoms with E-state index in [2.05, 4.69) is 0 Å². The fraction of sp³-hybridized carbons (Fsp3) is 0.600. The Morgan fingerprint density at radius 3 is 1.10 bits per heavy atom. The largest absolute Gasteiger partial charge is 4.00 e. The zero-order chi connectivity index (χ0) is 16.3. The van der Waals surface area contributed by atoms with E-state index >= 15 is 0 Å². The standard InChI is InChI=1S/2C5H9NO4.Cr/c2*6-3(5(9)10)1-2-4(7)8;/h2*3H,1-2,6H2,(H,7,8)(H,9,10);/q;;+4/p-4/t2*3-;/m00./s1. The number of carbonyl (C=O) groups excluding carboxylic acids is 4. The van der Waals surface area contributed by atoms with Gasteiger partial charge in [0.2, 0.25) is 0 Å². The first kappa shape index (κ1) is 24.4. The van der Waals surface area contributed by atoms with Gasteiger partial charge in [0.1, 0.15) is 0 Å². The summed E-state index contributed by atoms with van der Waals surface area (Å²) in [6.07, 6.45) is -1.00. The topological polar surface area (TPSA) is 213 Å². The van der Waals surface area contributed by atoms with Crippen LogP contribution >= 0.6 is 0 Å². The maximum atomic E-state index is 9.86. The van der Waals surface area contributed by atoms with Gasteiger partial charge in [0.05, 0.1) is 11.9 Å². The second-order valence-electron chi connectivity index (χ2n) is 3.67. The first-order valence-corrected chi connectivity index (χ1v) is 5.40. The summed E-state index contributed by atoms with van der Waals surface area (Å²) >= 11 is 0. The molecule has 0 heterocycles. The Balaban J connectivity index is -0.000000295. The van der Waals surface area contributed by atoms with E-state index in [0.717, 1.165) is 0 Å². The minimum Gasteiger partial charge on any atom is -0.550 e. The van der Waals surface area contributed by atoms with Crippen molar-refractivity contribution in [1.29, 1.82) is 0 Å². The Labute approximate surface area is 130 Å². The molecule has 0 aliphatic rings. The summed E-state index contributed by atoms with van der Waals surface area (Å²) in [5.74, 6) is -5.50. The van der Waals surface area contributed by atoms with Crippen LogP contribution in [-0.2, 0) is 36.5 Å². The van der Waals surface area contributed by atoms with E-state index in [1.165, 1.54) is 0 Å². The first-order chi connectivity index (χ1) is 9.07. The molecule has 0 aromatic rings. The SMILES string of the molecule is N[C@@H](CCC(=O)[O-])C(=O)[O-].N[C@@H](CCC(=O)[O-])C(=O)[O-].[Cr+4]. The molecular formula is C10H14CrN2O8. The van der Waals surface area contributed by atoms with Crippen LogP contribution in [0, 0.1) is 0 Å². The van der Waals surface area contributed by atoms with Gasteiger partial charge < -0.3 is 51.1 Å². The predicted molar refractivity (Wildman–Crippen MR) is 54.4 cm³/mol. The van der Waals surface area contributed by atoms with E-state index < -0.39 is 36.0 Å². The molecule has 0 bridgehead atoms. The Kier molecular flexibility index (Phi) is 15.5. The second-order valence-corrected chi connectivity index (χ2v) is 3.67.